The summed E-state index contributed by atoms with van der Waals surface area (Å²) in [6, 6.07) is 0. The first-order valence-electron chi connectivity index (χ1n) is 11.0. The van der Waals surface area contributed by atoms with Gasteiger partial charge in [-0.25, -0.2) is 4.98 Å². The molecule has 0 aromatic carbocycles. The Morgan fingerprint density at radius 2 is 1.91 bits per heavy atom. The van der Waals surface area contributed by atoms with E-state index in [0.717, 1.165) is 66.1 Å². The van der Waals surface area contributed by atoms with E-state index in [9.17, 15) is 14.4 Å². The Hall–Kier alpha value is -2.30. The minimum Gasteiger partial charge on any atom is -0.365 e. The summed E-state index contributed by atoms with van der Waals surface area (Å²) in [6.45, 7) is 5.40. The van der Waals surface area contributed by atoms with Gasteiger partial charge in [0.1, 0.15) is 5.00 Å². The smallest absolute Gasteiger partial charge is 0.251 e. The van der Waals surface area contributed by atoms with Gasteiger partial charge in [0.25, 0.3) is 5.91 Å². The third-order valence-electron chi connectivity index (χ3n) is 6.17. The molecule has 1 atom stereocenters. The Labute approximate surface area is 195 Å². The molecule has 4 N–H and O–H groups in total. The van der Waals surface area contributed by atoms with Crippen molar-refractivity contribution in [3.63, 3.8) is 0 Å². The van der Waals surface area contributed by atoms with Crippen molar-refractivity contribution in [1.82, 2.24) is 9.88 Å². The van der Waals surface area contributed by atoms with E-state index in [1.807, 2.05) is 18.7 Å². The second-order valence-corrected chi connectivity index (χ2v) is 10.9. The van der Waals surface area contributed by atoms with Crippen molar-refractivity contribution in [1.29, 1.82) is 0 Å². The highest BCUT2D eigenvalue weighted by Crippen LogP contribution is 2.38. The Morgan fingerprint density at radius 1 is 1.12 bits per heavy atom. The SMILES string of the molecule is Cc1nc(NC(=O)CN2CCCC(C(=O)Nc3sc4c(c3C(N)=O)CCCC4)C2)sc1C. The fourth-order valence-electron chi connectivity index (χ4n) is 4.43. The molecular weight excluding hydrogens is 446 g/mol. The van der Waals surface area contributed by atoms with Gasteiger partial charge in [0.2, 0.25) is 11.8 Å². The molecule has 2 aromatic rings. The molecule has 8 nitrogen and oxygen atoms in total. The van der Waals surface area contributed by atoms with Crippen LogP contribution in [0.5, 0.6) is 0 Å². The van der Waals surface area contributed by atoms with Crippen LogP contribution in [0.2, 0.25) is 0 Å². The second kappa shape index (κ2) is 9.68. The number of thiazole rings is 1. The summed E-state index contributed by atoms with van der Waals surface area (Å²) in [4.78, 5) is 46.2. The molecule has 0 saturated carbocycles. The third kappa shape index (κ3) is 5.02. The Kier molecular flexibility index (Phi) is 6.92. The van der Waals surface area contributed by atoms with Crippen LogP contribution in [0.1, 0.15) is 57.1 Å². The first-order valence-corrected chi connectivity index (χ1v) is 12.7. The first-order chi connectivity index (χ1) is 15.3. The first kappa shape index (κ1) is 22.9. The molecule has 1 aliphatic carbocycles. The lowest BCUT2D eigenvalue weighted by molar-refractivity contribution is -0.123. The van der Waals surface area contributed by atoms with Gasteiger partial charge in [-0.1, -0.05) is 0 Å². The number of aryl methyl sites for hydroxylation is 3. The number of hydrogen-bond donors (Lipinski definition) is 3. The van der Waals surface area contributed by atoms with E-state index in [1.165, 1.54) is 22.7 Å². The zero-order valence-corrected chi connectivity index (χ0v) is 20.1. The molecule has 4 rings (SSSR count). The molecule has 0 spiro atoms. The average Bonchev–Trinajstić information content (AvgIpc) is 3.26. The number of nitrogens with zero attached hydrogens (tertiary/aromatic N) is 2. The van der Waals surface area contributed by atoms with Crippen molar-refractivity contribution in [2.45, 2.75) is 52.4 Å². The number of anilines is 2. The summed E-state index contributed by atoms with van der Waals surface area (Å²) in [5.74, 6) is -0.945. The maximum Gasteiger partial charge on any atom is 0.251 e. The predicted molar refractivity (Wildman–Crippen MR) is 127 cm³/mol. The summed E-state index contributed by atoms with van der Waals surface area (Å²) < 4.78 is 0. The molecule has 3 heterocycles. The summed E-state index contributed by atoms with van der Waals surface area (Å²) >= 11 is 2.95. The molecular formula is C22H29N5O3S2. The number of primary amides is 1. The normalized spacial score (nSPS) is 18.8. The average molecular weight is 476 g/mol. The summed E-state index contributed by atoms with van der Waals surface area (Å²) in [5, 5.41) is 7.03. The highest BCUT2D eigenvalue weighted by atomic mass is 32.1. The maximum absolute atomic E-state index is 13.0. The molecule has 1 fully saturated rings. The van der Waals surface area contributed by atoms with E-state index in [-0.39, 0.29) is 24.3 Å². The van der Waals surface area contributed by atoms with Crippen LogP contribution in [0.25, 0.3) is 0 Å². The molecule has 0 bridgehead atoms. The third-order valence-corrected chi connectivity index (χ3v) is 8.37. The number of hydrogen-bond acceptors (Lipinski definition) is 7. The lowest BCUT2D eigenvalue weighted by Crippen LogP contribution is -2.44. The molecule has 2 aliphatic rings. The van der Waals surface area contributed by atoms with Crippen LogP contribution in [0.4, 0.5) is 10.1 Å². The van der Waals surface area contributed by atoms with Gasteiger partial charge >= 0.3 is 0 Å². The number of thiophene rings is 1. The predicted octanol–water partition coefficient (Wildman–Crippen LogP) is 3.09. The molecule has 2 aromatic heterocycles. The quantitative estimate of drug-likeness (QED) is 0.593. The van der Waals surface area contributed by atoms with Crippen LogP contribution in [-0.4, -0.2) is 47.2 Å². The van der Waals surface area contributed by atoms with Gasteiger partial charge in [0.15, 0.2) is 5.13 Å². The number of carbonyl (C=O) groups is 3. The van der Waals surface area contributed by atoms with Crippen molar-refractivity contribution >= 4 is 50.5 Å². The van der Waals surface area contributed by atoms with Crippen molar-refractivity contribution in [2.75, 3.05) is 30.3 Å². The van der Waals surface area contributed by atoms with Gasteiger partial charge in [0, 0.05) is 16.3 Å². The number of aromatic nitrogens is 1. The molecule has 1 aliphatic heterocycles. The number of fused-ring (bicyclic) bond motifs is 1. The molecule has 10 heteroatoms. The molecule has 1 unspecified atom stereocenters. The fourth-order valence-corrected chi connectivity index (χ4v) is 6.56. The van der Waals surface area contributed by atoms with Crippen LogP contribution < -0.4 is 16.4 Å². The number of rotatable bonds is 6. The van der Waals surface area contributed by atoms with Crippen molar-refractivity contribution in [3.8, 4) is 0 Å². The maximum atomic E-state index is 13.0. The van der Waals surface area contributed by atoms with Crippen LogP contribution in [0, 0.1) is 19.8 Å². The number of nitrogens with two attached hydrogens (primary N) is 1. The van der Waals surface area contributed by atoms with Crippen molar-refractivity contribution in [2.24, 2.45) is 11.7 Å². The van der Waals surface area contributed by atoms with Crippen LogP contribution in [0.3, 0.4) is 0 Å². The van der Waals surface area contributed by atoms with E-state index in [2.05, 4.69) is 15.6 Å². The van der Waals surface area contributed by atoms with Crippen LogP contribution in [-0.2, 0) is 22.4 Å². The van der Waals surface area contributed by atoms with Gasteiger partial charge in [-0.05, 0) is 64.5 Å². The highest BCUT2D eigenvalue weighted by Gasteiger charge is 2.30. The summed E-state index contributed by atoms with van der Waals surface area (Å²) in [5.41, 5.74) is 8.07. The van der Waals surface area contributed by atoms with Crippen LogP contribution in [0.15, 0.2) is 0 Å². The molecule has 3 amide bonds. The lowest BCUT2D eigenvalue weighted by atomic mass is 9.95. The van der Waals surface area contributed by atoms with Crippen LogP contribution >= 0.6 is 22.7 Å². The topological polar surface area (TPSA) is 117 Å². The second-order valence-electron chi connectivity index (χ2n) is 8.55. The minimum atomic E-state index is -0.477. The summed E-state index contributed by atoms with van der Waals surface area (Å²) in [7, 11) is 0. The number of nitrogens with one attached hydrogen (secondary N) is 2. The number of carbonyl (C=O) groups excluding carboxylic acids is 3. The highest BCUT2D eigenvalue weighted by molar-refractivity contribution is 7.17. The van der Waals surface area contributed by atoms with E-state index >= 15 is 0 Å². The van der Waals surface area contributed by atoms with Gasteiger partial charge in [-0.3, -0.25) is 19.3 Å². The van der Waals surface area contributed by atoms with E-state index in [4.69, 9.17) is 5.73 Å². The zero-order chi connectivity index (χ0) is 22.8. The van der Waals surface area contributed by atoms with Gasteiger partial charge in [-0.15, -0.1) is 22.7 Å². The van der Waals surface area contributed by atoms with E-state index in [0.29, 0.717) is 22.2 Å². The molecule has 0 radical (unpaired) electrons. The van der Waals surface area contributed by atoms with Gasteiger partial charge < -0.3 is 16.4 Å². The fraction of sp³-hybridized carbons (Fsp3) is 0.545. The van der Waals surface area contributed by atoms with Crippen molar-refractivity contribution in [3.05, 3.63) is 26.6 Å². The molecule has 32 heavy (non-hydrogen) atoms. The minimum absolute atomic E-state index is 0.109. The number of likely N-dealkylation sites (tertiary alicyclic amines) is 1. The number of piperidine rings is 1. The van der Waals surface area contributed by atoms with E-state index in [1.54, 1.807) is 0 Å². The number of amides is 3. The monoisotopic (exact) mass is 475 g/mol. The zero-order valence-electron chi connectivity index (χ0n) is 18.5. The van der Waals surface area contributed by atoms with Gasteiger partial charge in [0.05, 0.1) is 23.7 Å². The Balaban J connectivity index is 1.37. The largest absolute Gasteiger partial charge is 0.365 e. The Bertz CT molecular complexity index is 1030. The summed E-state index contributed by atoms with van der Waals surface area (Å²) in [6.07, 6.45) is 5.50. The standard InChI is InChI=1S/C22H29N5O3S2/c1-12-13(2)31-22(24-12)25-17(28)11-27-9-5-6-14(10-27)20(30)26-21-18(19(23)29)15-7-3-4-8-16(15)32-21/h14H,3-11H2,1-2H3,(H2,23,29)(H,26,30)(H,24,25,28). The van der Waals surface area contributed by atoms with E-state index < -0.39 is 5.91 Å². The van der Waals surface area contributed by atoms with Crippen molar-refractivity contribution < 1.29 is 14.4 Å². The lowest BCUT2D eigenvalue weighted by Gasteiger charge is -2.31. The van der Waals surface area contributed by atoms with Gasteiger partial charge in [-0.2, -0.15) is 0 Å². The Morgan fingerprint density at radius 3 is 2.62 bits per heavy atom. The molecule has 1 saturated heterocycles. The molecule has 172 valence electrons.